The van der Waals surface area contributed by atoms with Gasteiger partial charge in [0.15, 0.2) is 5.43 Å². The summed E-state index contributed by atoms with van der Waals surface area (Å²) in [6.07, 6.45) is 0.357. The van der Waals surface area contributed by atoms with Crippen LogP contribution in [0.5, 0.6) is 0 Å². The van der Waals surface area contributed by atoms with Crippen molar-refractivity contribution in [1.29, 1.82) is 0 Å². The molecule has 8 nitrogen and oxygen atoms in total. The van der Waals surface area contributed by atoms with Gasteiger partial charge in [0.2, 0.25) is 5.91 Å². The van der Waals surface area contributed by atoms with Crippen LogP contribution in [0.3, 0.4) is 0 Å². The van der Waals surface area contributed by atoms with Crippen molar-refractivity contribution in [2.45, 2.75) is 19.9 Å². The molecule has 3 rings (SSSR count). The van der Waals surface area contributed by atoms with Crippen molar-refractivity contribution < 1.29 is 4.79 Å². The smallest absolute Gasteiger partial charge is 0.252 e. The molecule has 0 saturated heterocycles. The number of hydrogen-bond donors (Lipinski definition) is 3. The van der Waals surface area contributed by atoms with Gasteiger partial charge < -0.3 is 20.6 Å². The van der Waals surface area contributed by atoms with Crippen LogP contribution >= 0.6 is 0 Å². The summed E-state index contributed by atoms with van der Waals surface area (Å²) in [4.78, 5) is 42.3. The van der Waals surface area contributed by atoms with E-state index in [0.717, 1.165) is 5.52 Å². The van der Waals surface area contributed by atoms with Gasteiger partial charge in [0, 0.05) is 36.2 Å². The first-order valence-corrected chi connectivity index (χ1v) is 8.15. The number of carbonyl (C=O) groups excluding carboxylic acids is 1. The van der Waals surface area contributed by atoms with E-state index in [2.05, 4.69) is 15.3 Å². The number of aromatic nitrogens is 3. The van der Waals surface area contributed by atoms with Crippen molar-refractivity contribution >= 4 is 22.6 Å². The van der Waals surface area contributed by atoms with Crippen molar-refractivity contribution in [3.8, 4) is 0 Å². The number of nitrogens with zero attached hydrogens (tertiary/aromatic N) is 2. The average Bonchev–Trinajstić information content (AvgIpc) is 2.58. The monoisotopic (exact) mass is 353 g/mol. The number of nitrogens with two attached hydrogens (primary N) is 1. The summed E-state index contributed by atoms with van der Waals surface area (Å²) in [7, 11) is 0. The zero-order valence-corrected chi connectivity index (χ0v) is 14.3. The number of aryl methyl sites for hydroxylation is 1. The van der Waals surface area contributed by atoms with E-state index in [1.807, 2.05) is 12.1 Å². The molecule has 0 radical (unpaired) electrons. The topological polar surface area (TPSA) is 123 Å². The molecule has 134 valence electrons. The third-order valence-electron chi connectivity index (χ3n) is 4.02. The van der Waals surface area contributed by atoms with Gasteiger partial charge in [-0.25, -0.2) is 4.98 Å². The van der Waals surface area contributed by atoms with E-state index in [9.17, 15) is 14.4 Å². The lowest BCUT2D eigenvalue weighted by Gasteiger charge is -2.14. The minimum atomic E-state index is -0.325. The van der Waals surface area contributed by atoms with Crippen LogP contribution in [-0.2, 0) is 17.8 Å². The molecule has 0 unspecified atom stereocenters. The van der Waals surface area contributed by atoms with E-state index in [-0.39, 0.29) is 29.3 Å². The van der Waals surface area contributed by atoms with E-state index in [1.54, 1.807) is 23.6 Å². The van der Waals surface area contributed by atoms with Gasteiger partial charge in [0.05, 0.1) is 5.52 Å². The van der Waals surface area contributed by atoms with Crippen molar-refractivity contribution in [2.75, 3.05) is 12.3 Å². The molecule has 0 aliphatic carbocycles. The van der Waals surface area contributed by atoms with Gasteiger partial charge in [-0.05, 0) is 19.1 Å². The lowest BCUT2D eigenvalue weighted by atomic mass is 10.2. The van der Waals surface area contributed by atoms with E-state index in [4.69, 9.17) is 5.73 Å². The van der Waals surface area contributed by atoms with Gasteiger partial charge in [-0.1, -0.05) is 12.1 Å². The number of amides is 1. The summed E-state index contributed by atoms with van der Waals surface area (Å²) in [5.74, 6) is 0.360. The Labute approximate surface area is 148 Å². The Balaban J connectivity index is 1.70. The number of rotatable bonds is 5. The maximum absolute atomic E-state index is 12.3. The van der Waals surface area contributed by atoms with Crippen molar-refractivity contribution in [3.63, 3.8) is 0 Å². The second-order valence-corrected chi connectivity index (χ2v) is 5.97. The van der Waals surface area contributed by atoms with Crippen LogP contribution in [0.1, 0.15) is 11.5 Å². The molecule has 0 aliphatic rings. The molecule has 2 aromatic heterocycles. The standard InChI is InChI=1S/C18H19N5O3/c1-11-8-14(24)12-4-2-3-5-13(12)23(11)10-18(26)20-7-6-16-21-15(19)9-17(25)22-16/h2-5,8-9H,6-7,10H2,1H3,(H,20,26)(H3,19,21,22,25). The van der Waals surface area contributed by atoms with Gasteiger partial charge in [-0.15, -0.1) is 0 Å². The summed E-state index contributed by atoms with van der Waals surface area (Å²) in [5.41, 5.74) is 6.57. The first-order valence-electron chi connectivity index (χ1n) is 8.15. The Morgan fingerprint density at radius 1 is 1.27 bits per heavy atom. The normalized spacial score (nSPS) is 10.8. The molecule has 1 amide bonds. The molecule has 8 heteroatoms. The van der Waals surface area contributed by atoms with E-state index < -0.39 is 0 Å². The average molecular weight is 353 g/mol. The fourth-order valence-electron chi connectivity index (χ4n) is 2.83. The predicted molar refractivity (Wildman–Crippen MR) is 98.9 cm³/mol. The Morgan fingerprint density at radius 3 is 2.81 bits per heavy atom. The molecule has 0 aliphatic heterocycles. The van der Waals surface area contributed by atoms with Crippen LogP contribution < -0.4 is 22.0 Å². The molecule has 0 spiro atoms. The lowest BCUT2D eigenvalue weighted by molar-refractivity contribution is -0.121. The second-order valence-electron chi connectivity index (χ2n) is 5.97. The van der Waals surface area contributed by atoms with Gasteiger partial charge in [-0.3, -0.25) is 14.4 Å². The highest BCUT2D eigenvalue weighted by atomic mass is 16.2. The minimum absolute atomic E-state index is 0.0635. The molecule has 1 aromatic carbocycles. The zero-order chi connectivity index (χ0) is 18.7. The first kappa shape index (κ1) is 17.4. The SMILES string of the molecule is Cc1cc(=O)c2ccccc2n1CC(=O)NCCc1nc(N)cc(=O)[nH]1. The van der Waals surface area contributed by atoms with Gasteiger partial charge in [0.25, 0.3) is 5.56 Å². The number of carbonyl (C=O) groups is 1. The summed E-state index contributed by atoms with van der Waals surface area (Å²) >= 11 is 0. The highest BCUT2D eigenvalue weighted by molar-refractivity contribution is 5.82. The highest BCUT2D eigenvalue weighted by Crippen LogP contribution is 2.12. The minimum Gasteiger partial charge on any atom is -0.383 e. The van der Waals surface area contributed by atoms with Gasteiger partial charge >= 0.3 is 0 Å². The number of benzene rings is 1. The Bertz CT molecular complexity index is 1080. The van der Waals surface area contributed by atoms with Crippen molar-refractivity contribution in [1.82, 2.24) is 19.9 Å². The number of nitrogen functional groups attached to an aromatic ring is 1. The van der Waals surface area contributed by atoms with Crippen LogP contribution in [0.4, 0.5) is 5.82 Å². The molecule has 0 saturated carbocycles. The molecule has 4 N–H and O–H groups in total. The van der Waals surface area contributed by atoms with E-state index in [1.165, 1.54) is 12.1 Å². The fourth-order valence-corrected chi connectivity index (χ4v) is 2.83. The lowest BCUT2D eigenvalue weighted by Crippen LogP contribution is -2.31. The van der Waals surface area contributed by atoms with Crippen molar-refractivity contribution in [2.24, 2.45) is 0 Å². The number of hydrogen-bond acceptors (Lipinski definition) is 5. The maximum atomic E-state index is 12.3. The number of pyridine rings is 1. The fraction of sp³-hybridized carbons (Fsp3) is 0.222. The van der Waals surface area contributed by atoms with Gasteiger partial charge in [-0.2, -0.15) is 0 Å². The molecular formula is C18H19N5O3. The second kappa shape index (κ2) is 7.22. The highest BCUT2D eigenvalue weighted by Gasteiger charge is 2.10. The quantitative estimate of drug-likeness (QED) is 0.610. The molecular weight excluding hydrogens is 334 g/mol. The molecule has 2 heterocycles. The van der Waals surface area contributed by atoms with Crippen LogP contribution in [0.25, 0.3) is 10.9 Å². The first-order chi connectivity index (χ1) is 12.4. The number of nitrogens with one attached hydrogen (secondary N) is 2. The van der Waals surface area contributed by atoms with Crippen LogP contribution in [-0.4, -0.2) is 27.0 Å². The number of fused-ring (bicyclic) bond motifs is 1. The summed E-state index contributed by atoms with van der Waals surface area (Å²) in [5, 5.41) is 3.36. The third-order valence-corrected chi connectivity index (χ3v) is 4.02. The molecule has 26 heavy (non-hydrogen) atoms. The molecule has 0 bridgehead atoms. The zero-order valence-electron chi connectivity index (χ0n) is 14.3. The largest absolute Gasteiger partial charge is 0.383 e. The Kier molecular flexibility index (Phi) is 4.83. The summed E-state index contributed by atoms with van der Waals surface area (Å²) in [6.45, 7) is 2.19. The molecule has 3 aromatic rings. The third kappa shape index (κ3) is 3.80. The molecule has 0 atom stereocenters. The number of aromatic amines is 1. The molecule has 0 fully saturated rings. The summed E-state index contributed by atoms with van der Waals surface area (Å²) < 4.78 is 1.80. The number of anilines is 1. The van der Waals surface area contributed by atoms with Crippen LogP contribution in [0.15, 0.2) is 46.0 Å². The number of para-hydroxylation sites is 1. The van der Waals surface area contributed by atoms with E-state index >= 15 is 0 Å². The Hall–Kier alpha value is -3.42. The van der Waals surface area contributed by atoms with Gasteiger partial charge in [0.1, 0.15) is 18.2 Å². The Morgan fingerprint density at radius 2 is 2.04 bits per heavy atom. The summed E-state index contributed by atoms with van der Waals surface area (Å²) in [6, 6.07) is 9.91. The van der Waals surface area contributed by atoms with Crippen LogP contribution in [0.2, 0.25) is 0 Å². The van der Waals surface area contributed by atoms with Crippen LogP contribution in [0, 0.1) is 6.92 Å². The van der Waals surface area contributed by atoms with Crippen molar-refractivity contribution in [3.05, 3.63) is 68.5 Å². The predicted octanol–water partition coefficient (Wildman–Crippen LogP) is 0.334. The number of H-pyrrole nitrogens is 1. The maximum Gasteiger partial charge on any atom is 0.252 e. The van der Waals surface area contributed by atoms with E-state index in [0.29, 0.717) is 29.9 Å².